The third kappa shape index (κ3) is 5.37. The SMILES string of the molecule is COc1ccc(Cl)cc1NC(=O)[C@@H](C)N1CCC(Sc2ccccn2)CC1. The Labute approximate surface area is 169 Å². The summed E-state index contributed by atoms with van der Waals surface area (Å²) in [5.41, 5.74) is 0.599. The van der Waals surface area contributed by atoms with Gasteiger partial charge in [-0.2, -0.15) is 0 Å². The summed E-state index contributed by atoms with van der Waals surface area (Å²) in [5, 5.41) is 5.11. The van der Waals surface area contributed by atoms with Crippen molar-refractivity contribution in [2.45, 2.75) is 36.1 Å². The molecule has 144 valence electrons. The van der Waals surface area contributed by atoms with Crippen LogP contribution < -0.4 is 10.1 Å². The minimum absolute atomic E-state index is 0.0496. The first-order chi connectivity index (χ1) is 13.1. The number of ether oxygens (including phenoxy) is 1. The Morgan fingerprint density at radius 1 is 1.33 bits per heavy atom. The molecule has 0 unspecified atom stereocenters. The molecule has 0 spiro atoms. The van der Waals surface area contributed by atoms with Crippen LogP contribution in [0.1, 0.15) is 19.8 Å². The van der Waals surface area contributed by atoms with Crippen LogP contribution >= 0.6 is 23.4 Å². The molecule has 1 aromatic carbocycles. The smallest absolute Gasteiger partial charge is 0.241 e. The Kier molecular flexibility index (Phi) is 6.99. The number of thioether (sulfide) groups is 1. The topological polar surface area (TPSA) is 54.5 Å². The monoisotopic (exact) mass is 405 g/mol. The molecule has 0 aliphatic carbocycles. The molecule has 1 aromatic heterocycles. The second kappa shape index (κ2) is 9.44. The van der Waals surface area contributed by atoms with Gasteiger partial charge in [-0.1, -0.05) is 17.7 Å². The van der Waals surface area contributed by atoms with Crippen molar-refractivity contribution in [3.8, 4) is 5.75 Å². The summed E-state index contributed by atoms with van der Waals surface area (Å²) >= 11 is 7.87. The zero-order chi connectivity index (χ0) is 19.2. The van der Waals surface area contributed by atoms with Crippen molar-refractivity contribution in [2.75, 3.05) is 25.5 Å². The number of benzene rings is 1. The van der Waals surface area contributed by atoms with Crippen molar-refractivity contribution in [3.05, 3.63) is 47.6 Å². The van der Waals surface area contributed by atoms with Crippen molar-refractivity contribution in [1.82, 2.24) is 9.88 Å². The lowest BCUT2D eigenvalue weighted by Gasteiger charge is -2.35. The standard InChI is InChI=1S/C20H24ClN3O2S/c1-14(20(25)23-17-13-15(21)6-7-18(17)26-2)24-11-8-16(9-12-24)27-19-5-3-4-10-22-19/h3-7,10,13-14,16H,8-9,11-12H2,1-2H3,(H,23,25)/t14-/m1/s1. The first-order valence-electron chi connectivity index (χ1n) is 9.03. The summed E-state index contributed by atoms with van der Waals surface area (Å²) in [5.74, 6) is 0.553. The van der Waals surface area contributed by atoms with Gasteiger partial charge in [0.25, 0.3) is 0 Å². The van der Waals surface area contributed by atoms with E-state index in [-0.39, 0.29) is 11.9 Å². The van der Waals surface area contributed by atoms with Gasteiger partial charge in [0.05, 0.1) is 23.9 Å². The highest BCUT2D eigenvalue weighted by atomic mass is 35.5. The number of rotatable bonds is 6. The van der Waals surface area contributed by atoms with Crippen molar-refractivity contribution >= 4 is 35.0 Å². The van der Waals surface area contributed by atoms with Gasteiger partial charge < -0.3 is 10.1 Å². The molecule has 3 rings (SSSR count). The van der Waals surface area contributed by atoms with E-state index in [0.717, 1.165) is 31.0 Å². The molecular weight excluding hydrogens is 382 g/mol. The van der Waals surface area contributed by atoms with Gasteiger partial charge in [-0.05, 0) is 63.2 Å². The Balaban J connectivity index is 1.53. The van der Waals surface area contributed by atoms with Gasteiger partial charge in [-0.25, -0.2) is 4.98 Å². The van der Waals surface area contributed by atoms with Crippen LogP contribution in [0.5, 0.6) is 5.75 Å². The summed E-state index contributed by atoms with van der Waals surface area (Å²) in [6, 6.07) is 11.0. The maximum atomic E-state index is 12.7. The van der Waals surface area contributed by atoms with Crippen molar-refractivity contribution in [3.63, 3.8) is 0 Å². The summed E-state index contributed by atoms with van der Waals surface area (Å²) in [6.45, 7) is 3.73. The number of carbonyl (C=O) groups is 1. The van der Waals surface area contributed by atoms with Crippen LogP contribution in [0.2, 0.25) is 5.02 Å². The van der Waals surface area contributed by atoms with Gasteiger partial charge in [0.2, 0.25) is 5.91 Å². The number of pyridine rings is 1. The average Bonchev–Trinajstić information content (AvgIpc) is 2.69. The number of amides is 1. The number of halogens is 1. The number of anilines is 1. The van der Waals surface area contributed by atoms with Crippen LogP contribution in [0.4, 0.5) is 5.69 Å². The molecule has 0 bridgehead atoms. The lowest BCUT2D eigenvalue weighted by Crippen LogP contribution is -2.46. The maximum absolute atomic E-state index is 12.7. The number of likely N-dealkylation sites (tertiary alicyclic amines) is 1. The number of hydrogen-bond donors (Lipinski definition) is 1. The molecule has 0 radical (unpaired) electrons. The molecule has 7 heteroatoms. The fourth-order valence-electron chi connectivity index (χ4n) is 3.15. The highest BCUT2D eigenvalue weighted by molar-refractivity contribution is 7.99. The van der Waals surface area contributed by atoms with Gasteiger partial charge in [0.1, 0.15) is 5.75 Å². The van der Waals surface area contributed by atoms with E-state index >= 15 is 0 Å². The van der Waals surface area contributed by atoms with Gasteiger partial charge in [0, 0.05) is 16.5 Å². The van der Waals surface area contributed by atoms with E-state index in [1.165, 1.54) is 0 Å². The van der Waals surface area contributed by atoms with E-state index in [1.807, 2.05) is 43.1 Å². The van der Waals surface area contributed by atoms with Crippen LogP contribution in [0.15, 0.2) is 47.6 Å². The van der Waals surface area contributed by atoms with E-state index in [1.54, 1.807) is 25.3 Å². The van der Waals surface area contributed by atoms with E-state index in [4.69, 9.17) is 16.3 Å². The van der Waals surface area contributed by atoms with Crippen LogP contribution in [0.25, 0.3) is 0 Å². The summed E-state index contributed by atoms with van der Waals surface area (Å²) in [4.78, 5) is 19.3. The molecule has 1 N–H and O–H groups in total. The van der Waals surface area contributed by atoms with Crippen molar-refractivity contribution in [2.24, 2.45) is 0 Å². The van der Waals surface area contributed by atoms with E-state index in [9.17, 15) is 4.79 Å². The number of carbonyl (C=O) groups excluding carboxylic acids is 1. The minimum Gasteiger partial charge on any atom is -0.495 e. The molecule has 2 aromatic rings. The number of piperidine rings is 1. The first kappa shape index (κ1) is 20.0. The third-order valence-corrected chi connectivity index (χ3v) is 6.27. The molecular formula is C20H24ClN3O2S. The number of methoxy groups -OCH3 is 1. The molecule has 0 saturated carbocycles. The highest BCUT2D eigenvalue weighted by Crippen LogP contribution is 2.30. The second-order valence-electron chi connectivity index (χ2n) is 6.53. The Morgan fingerprint density at radius 2 is 2.11 bits per heavy atom. The van der Waals surface area contributed by atoms with E-state index < -0.39 is 0 Å². The van der Waals surface area contributed by atoms with E-state index in [2.05, 4.69) is 15.2 Å². The summed E-state index contributed by atoms with van der Waals surface area (Å²) < 4.78 is 5.30. The minimum atomic E-state index is -0.213. The fourth-order valence-corrected chi connectivity index (χ4v) is 4.39. The van der Waals surface area contributed by atoms with Gasteiger partial charge >= 0.3 is 0 Å². The molecule has 1 aliphatic heterocycles. The lowest BCUT2D eigenvalue weighted by atomic mass is 10.1. The molecule has 5 nitrogen and oxygen atoms in total. The van der Waals surface area contributed by atoms with Gasteiger partial charge in [-0.15, -0.1) is 11.8 Å². The Hall–Kier alpha value is -1.76. The van der Waals surface area contributed by atoms with Gasteiger partial charge in [0.15, 0.2) is 0 Å². The number of aromatic nitrogens is 1. The normalized spacial score (nSPS) is 16.7. The molecule has 1 fully saturated rings. The zero-order valence-electron chi connectivity index (χ0n) is 15.5. The van der Waals surface area contributed by atoms with E-state index in [0.29, 0.717) is 21.7 Å². The van der Waals surface area contributed by atoms with Crippen LogP contribution in [0.3, 0.4) is 0 Å². The second-order valence-corrected chi connectivity index (χ2v) is 8.29. The van der Waals surface area contributed by atoms with Crippen molar-refractivity contribution < 1.29 is 9.53 Å². The lowest BCUT2D eigenvalue weighted by molar-refractivity contribution is -0.121. The van der Waals surface area contributed by atoms with Crippen LogP contribution in [0, 0.1) is 0 Å². The maximum Gasteiger partial charge on any atom is 0.241 e. The molecule has 1 aliphatic rings. The summed E-state index contributed by atoms with van der Waals surface area (Å²) in [6.07, 6.45) is 3.91. The number of nitrogens with zero attached hydrogens (tertiary/aromatic N) is 2. The Morgan fingerprint density at radius 3 is 2.78 bits per heavy atom. The highest BCUT2D eigenvalue weighted by Gasteiger charge is 2.27. The third-order valence-electron chi connectivity index (χ3n) is 4.75. The molecule has 27 heavy (non-hydrogen) atoms. The predicted molar refractivity (Wildman–Crippen MR) is 111 cm³/mol. The molecule has 1 amide bonds. The molecule has 2 heterocycles. The van der Waals surface area contributed by atoms with Gasteiger partial charge in [-0.3, -0.25) is 9.69 Å². The fraction of sp³-hybridized carbons (Fsp3) is 0.400. The largest absolute Gasteiger partial charge is 0.495 e. The predicted octanol–water partition coefficient (Wildman–Crippen LogP) is 4.33. The van der Waals surface area contributed by atoms with Crippen LogP contribution in [-0.2, 0) is 4.79 Å². The first-order valence-corrected chi connectivity index (χ1v) is 10.3. The Bertz CT molecular complexity index is 767. The quantitative estimate of drug-likeness (QED) is 0.775. The summed E-state index contributed by atoms with van der Waals surface area (Å²) in [7, 11) is 1.58. The average molecular weight is 406 g/mol. The molecule has 1 atom stereocenters. The number of nitrogens with one attached hydrogen (secondary N) is 1. The van der Waals surface area contributed by atoms with Crippen molar-refractivity contribution in [1.29, 1.82) is 0 Å². The number of hydrogen-bond acceptors (Lipinski definition) is 5. The molecule has 1 saturated heterocycles. The zero-order valence-corrected chi connectivity index (χ0v) is 17.1. The van der Waals surface area contributed by atoms with Crippen LogP contribution in [-0.4, -0.2) is 47.3 Å².